The summed E-state index contributed by atoms with van der Waals surface area (Å²) in [5.41, 5.74) is 2.56. The lowest BCUT2D eigenvalue weighted by molar-refractivity contribution is 0.144. The van der Waals surface area contributed by atoms with E-state index >= 15 is 0 Å². The molecule has 0 unspecified atom stereocenters. The molecule has 0 saturated carbocycles. The Morgan fingerprint density at radius 1 is 1.20 bits per heavy atom. The molecule has 0 spiro atoms. The maximum absolute atomic E-state index is 12.3. The number of hydrogen-bond acceptors (Lipinski definition) is 4. The summed E-state index contributed by atoms with van der Waals surface area (Å²) in [6.07, 6.45) is 4.82. The number of carbonyl (C=O) groups is 1. The number of benzene rings is 1. The molecule has 0 radical (unpaired) electrons. The number of fused-ring (bicyclic) bond motifs is 1. The van der Waals surface area contributed by atoms with Crippen LogP contribution in [0.3, 0.4) is 0 Å². The quantitative estimate of drug-likeness (QED) is 0.683. The molecule has 4 rings (SSSR count). The third kappa shape index (κ3) is 3.09. The molecule has 0 bridgehead atoms. The van der Waals surface area contributed by atoms with Gasteiger partial charge in [0.15, 0.2) is 5.82 Å². The second-order valence-corrected chi connectivity index (χ2v) is 5.91. The Bertz CT molecular complexity index is 893. The van der Waals surface area contributed by atoms with Gasteiger partial charge in [-0.1, -0.05) is 30.3 Å². The van der Waals surface area contributed by atoms with Crippen LogP contribution >= 0.6 is 0 Å². The van der Waals surface area contributed by atoms with Crippen LogP contribution in [0.2, 0.25) is 0 Å². The lowest BCUT2D eigenvalue weighted by atomic mass is 10.1. The topological polar surface area (TPSA) is 92.1 Å². The van der Waals surface area contributed by atoms with E-state index in [2.05, 4.69) is 20.7 Å². The summed E-state index contributed by atoms with van der Waals surface area (Å²) in [6, 6.07) is 12.4. The number of hydrogen-bond donors (Lipinski definition) is 3. The first-order valence-electron chi connectivity index (χ1n) is 8.00. The van der Waals surface area contributed by atoms with E-state index < -0.39 is 12.1 Å². The lowest BCUT2D eigenvalue weighted by Crippen LogP contribution is -2.36. The molecule has 1 aromatic carbocycles. The van der Waals surface area contributed by atoms with Crippen LogP contribution in [0.25, 0.3) is 5.82 Å². The second kappa shape index (κ2) is 6.37. The molecule has 0 fully saturated rings. The van der Waals surface area contributed by atoms with Crippen LogP contribution in [0.15, 0.2) is 61.1 Å². The molecule has 7 nitrogen and oxygen atoms in total. The van der Waals surface area contributed by atoms with E-state index in [4.69, 9.17) is 0 Å². The van der Waals surface area contributed by atoms with Gasteiger partial charge < -0.3 is 15.7 Å². The van der Waals surface area contributed by atoms with E-state index in [0.717, 1.165) is 11.1 Å². The molecule has 2 aromatic heterocycles. The predicted octanol–water partition coefficient (Wildman–Crippen LogP) is 2.05. The van der Waals surface area contributed by atoms with Gasteiger partial charge in [-0.05, 0) is 23.3 Å². The van der Waals surface area contributed by atoms with Crippen LogP contribution in [0, 0.1) is 0 Å². The van der Waals surface area contributed by atoms with Crippen LogP contribution in [0.4, 0.5) is 10.5 Å². The summed E-state index contributed by atoms with van der Waals surface area (Å²) in [6.45, 7) is 0. The van der Waals surface area contributed by atoms with Crippen molar-refractivity contribution in [1.82, 2.24) is 20.1 Å². The van der Waals surface area contributed by atoms with Crippen molar-refractivity contribution in [2.75, 3.05) is 5.32 Å². The first-order chi connectivity index (χ1) is 12.2. The van der Waals surface area contributed by atoms with Gasteiger partial charge in [0.2, 0.25) is 0 Å². The Kier molecular flexibility index (Phi) is 3.91. The molecular weight excluding hydrogens is 318 g/mol. The zero-order chi connectivity index (χ0) is 17.2. The molecule has 3 N–H and O–H groups in total. The number of carbonyl (C=O) groups excluding carboxylic acids is 1. The highest BCUT2D eigenvalue weighted by molar-refractivity contribution is 5.89. The minimum absolute atomic E-state index is 0.388. The molecule has 7 heteroatoms. The number of aromatic nitrogens is 3. The van der Waals surface area contributed by atoms with Gasteiger partial charge >= 0.3 is 6.03 Å². The molecule has 2 atom stereocenters. The normalized spacial score (nSPS) is 18.6. The van der Waals surface area contributed by atoms with E-state index in [1.165, 1.54) is 0 Å². The van der Waals surface area contributed by atoms with E-state index in [1.54, 1.807) is 23.3 Å². The summed E-state index contributed by atoms with van der Waals surface area (Å²) in [5.74, 6) is 0.663. The standard InChI is InChI=1S/C18H17N5O2/c24-15-9-12-5-1-2-6-14(12)17(15)22-18(25)21-13-10-20-23(11-13)16-7-3-4-8-19-16/h1-8,10-11,15,17,24H,9H2,(H2,21,22,25)/t15-,17+/m0/s1. The van der Waals surface area contributed by atoms with E-state index in [-0.39, 0.29) is 6.03 Å². The third-order valence-corrected chi connectivity index (χ3v) is 4.22. The summed E-state index contributed by atoms with van der Waals surface area (Å²) < 4.78 is 1.58. The number of anilines is 1. The van der Waals surface area contributed by atoms with Gasteiger partial charge in [0.1, 0.15) is 0 Å². The molecular formula is C18H17N5O2. The SMILES string of the molecule is O=C(Nc1cnn(-c2ccccn2)c1)N[C@@H]1c2ccccc2C[C@@H]1O. The predicted molar refractivity (Wildman–Crippen MR) is 92.4 cm³/mol. The van der Waals surface area contributed by atoms with Crippen LogP contribution in [0.5, 0.6) is 0 Å². The monoisotopic (exact) mass is 335 g/mol. The fourth-order valence-electron chi connectivity index (χ4n) is 3.06. The maximum atomic E-state index is 12.3. The summed E-state index contributed by atoms with van der Waals surface area (Å²) in [7, 11) is 0. The zero-order valence-corrected chi connectivity index (χ0v) is 13.3. The van der Waals surface area contributed by atoms with Gasteiger partial charge in [-0.3, -0.25) is 0 Å². The summed E-state index contributed by atoms with van der Waals surface area (Å²) >= 11 is 0. The highest BCUT2D eigenvalue weighted by Crippen LogP contribution is 2.31. The molecule has 3 aromatic rings. The molecule has 2 amide bonds. The van der Waals surface area contributed by atoms with E-state index in [1.807, 2.05) is 42.5 Å². The summed E-state index contributed by atoms with van der Waals surface area (Å²) in [4.78, 5) is 16.5. The first kappa shape index (κ1) is 15.3. The molecule has 1 aliphatic carbocycles. The van der Waals surface area contributed by atoms with Crippen molar-refractivity contribution in [2.24, 2.45) is 0 Å². The van der Waals surface area contributed by atoms with Crippen LogP contribution in [-0.4, -0.2) is 32.0 Å². The first-order valence-corrected chi connectivity index (χ1v) is 8.00. The fraction of sp³-hybridized carbons (Fsp3) is 0.167. The number of amides is 2. The molecule has 126 valence electrons. The average Bonchev–Trinajstić information content (AvgIpc) is 3.21. The maximum Gasteiger partial charge on any atom is 0.319 e. The van der Waals surface area contributed by atoms with E-state index in [9.17, 15) is 9.90 Å². The number of nitrogens with one attached hydrogen (secondary N) is 2. The number of urea groups is 1. The minimum atomic E-state index is -0.626. The highest BCUT2D eigenvalue weighted by atomic mass is 16.3. The third-order valence-electron chi connectivity index (χ3n) is 4.22. The number of rotatable bonds is 3. The Hall–Kier alpha value is -3.19. The Labute approximate surface area is 144 Å². The Balaban J connectivity index is 1.44. The van der Waals surface area contributed by atoms with Crippen molar-refractivity contribution in [3.05, 3.63) is 72.2 Å². The van der Waals surface area contributed by atoms with Crippen LogP contribution in [-0.2, 0) is 6.42 Å². The highest BCUT2D eigenvalue weighted by Gasteiger charge is 2.31. The van der Waals surface area contributed by atoms with Crippen molar-refractivity contribution in [3.8, 4) is 5.82 Å². The van der Waals surface area contributed by atoms with Gasteiger partial charge in [0.05, 0.1) is 30.2 Å². The van der Waals surface area contributed by atoms with Crippen molar-refractivity contribution in [3.63, 3.8) is 0 Å². The minimum Gasteiger partial charge on any atom is -0.390 e. The Morgan fingerprint density at radius 3 is 2.88 bits per heavy atom. The number of pyridine rings is 1. The van der Waals surface area contributed by atoms with E-state index in [0.29, 0.717) is 17.9 Å². The number of nitrogens with zero attached hydrogens (tertiary/aromatic N) is 3. The zero-order valence-electron chi connectivity index (χ0n) is 13.3. The fourth-order valence-corrected chi connectivity index (χ4v) is 3.06. The molecule has 0 aliphatic heterocycles. The second-order valence-electron chi connectivity index (χ2n) is 5.91. The average molecular weight is 335 g/mol. The Morgan fingerprint density at radius 2 is 2.04 bits per heavy atom. The van der Waals surface area contributed by atoms with Crippen LogP contribution in [0.1, 0.15) is 17.2 Å². The van der Waals surface area contributed by atoms with Crippen LogP contribution < -0.4 is 10.6 Å². The van der Waals surface area contributed by atoms with Gasteiger partial charge in [-0.25, -0.2) is 14.5 Å². The van der Waals surface area contributed by atoms with Crippen molar-refractivity contribution in [1.29, 1.82) is 0 Å². The van der Waals surface area contributed by atoms with Gasteiger partial charge in [-0.2, -0.15) is 5.10 Å². The molecule has 25 heavy (non-hydrogen) atoms. The largest absolute Gasteiger partial charge is 0.390 e. The van der Waals surface area contributed by atoms with Gasteiger partial charge in [-0.15, -0.1) is 0 Å². The molecule has 2 heterocycles. The van der Waals surface area contributed by atoms with Crippen molar-refractivity contribution < 1.29 is 9.90 Å². The smallest absolute Gasteiger partial charge is 0.319 e. The van der Waals surface area contributed by atoms with Crippen molar-refractivity contribution >= 4 is 11.7 Å². The number of aliphatic hydroxyl groups is 1. The molecule has 1 aliphatic rings. The summed E-state index contributed by atoms with van der Waals surface area (Å²) in [5, 5.41) is 20.0. The lowest BCUT2D eigenvalue weighted by Gasteiger charge is -2.18. The van der Waals surface area contributed by atoms with Gasteiger partial charge in [0, 0.05) is 12.6 Å². The van der Waals surface area contributed by atoms with Crippen molar-refractivity contribution in [2.45, 2.75) is 18.6 Å². The van der Waals surface area contributed by atoms with Gasteiger partial charge in [0.25, 0.3) is 0 Å². The molecule has 0 saturated heterocycles. The number of aliphatic hydroxyl groups excluding tert-OH is 1.